The molecule has 0 saturated carbocycles. The van der Waals surface area contributed by atoms with E-state index in [1.807, 2.05) is 0 Å². The highest BCUT2D eigenvalue weighted by Crippen LogP contribution is 2.27. The number of hydrogen-bond acceptors (Lipinski definition) is 2. The summed E-state index contributed by atoms with van der Waals surface area (Å²) in [5, 5.41) is -0.287. The molecule has 3 nitrogen and oxygen atoms in total. The lowest BCUT2D eigenvalue weighted by molar-refractivity contribution is 0.126. The quantitative estimate of drug-likeness (QED) is 0.775. The Morgan fingerprint density at radius 1 is 1.37 bits per heavy atom. The zero-order valence-electron chi connectivity index (χ0n) is 9.71. The van der Waals surface area contributed by atoms with Crippen molar-refractivity contribution in [1.82, 2.24) is 4.31 Å². The molecular weight excluding hydrogens is 326 g/mol. The van der Waals surface area contributed by atoms with Crippen LogP contribution in [0, 0.1) is 5.82 Å². The molecule has 0 bridgehead atoms. The molecule has 1 aromatic carbocycles. The molecule has 0 aromatic heterocycles. The van der Waals surface area contributed by atoms with E-state index < -0.39 is 33.7 Å². The van der Waals surface area contributed by atoms with Crippen molar-refractivity contribution in [2.24, 2.45) is 0 Å². The van der Waals surface area contributed by atoms with Gasteiger partial charge in [-0.1, -0.05) is 11.6 Å². The van der Waals surface area contributed by atoms with Gasteiger partial charge in [-0.25, -0.2) is 21.6 Å². The second-order valence-corrected chi connectivity index (χ2v) is 6.38. The molecule has 0 atom stereocenters. The molecule has 19 heavy (non-hydrogen) atoms. The van der Waals surface area contributed by atoms with E-state index in [4.69, 9.17) is 23.2 Å². The van der Waals surface area contributed by atoms with E-state index >= 15 is 0 Å². The fourth-order valence-corrected chi connectivity index (χ4v) is 3.00. The Hall–Kier alpha value is -0.500. The lowest BCUT2D eigenvalue weighted by Gasteiger charge is -2.17. The number of sulfonamides is 1. The Kier molecular flexibility index (Phi) is 5.49. The van der Waals surface area contributed by atoms with Crippen LogP contribution in [-0.2, 0) is 15.9 Å². The summed E-state index contributed by atoms with van der Waals surface area (Å²) in [4.78, 5) is -0.465. The molecule has 0 saturated heterocycles. The number of rotatable bonds is 5. The highest BCUT2D eigenvalue weighted by molar-refractivity contribution is 7.89. The van der Waals surface area contributed by atoms with E-state index in [0.29, 0.717) is 10.4 Å². The van der Waals surface area contributed by atoms with Crippen LogP contribution >= 0.6 is 23.2 Å². The van der Waals surface area contributed by atoms with Gasteiger partial charge in [0.1, 0.15) is 5.82 Å². The van der Waals surface area contributed by atoms with Crippen LogP contribution in [0.5, 0.6) is 0 Å². The molecule has 9 heteroatoms. The van der Waals surface area contributed by atoms with Crippen LogP contribution in [0.25, 0.3) is 0 Å². The number of hydrogen-bond donors (Lipinski definition) is 0. The average Bonchev–Trinajstić information content (AvgIpc) is 2.31. The summed E-state index contributed by atoms with van der Waals surface area (Å²) in [6.07, 6.45) is -2.83. The van der Waals surface area contributed by atoms with Gasteiger partial charge in [0.15, 0.2) is 0 Å². The van der Waals surface area contributed by atoms with Crippen LogP contribution in [0.4, 0.5) is 13.2 Å². The Bertz CT molecular complexity index is 566. The first kappa shape index (κ1) is 16.6. The van der Waals surface area contributed by atoms with Gasteiger partial charge in [0, 0.05) is 12.9 Å². The molecule has 0 N–H and O–H groups in total. The van der Waals surface area contributed by atoms with Gasteiger partial charge < -0.3 is 0 Å². The Morgan fingerprint density at radius 3 is 2.42 bits per heavy atom. The zero-order chi connectivity index (χ0) is 14.8. The van der Waals surface area contributed by atoms with E-state index in [0.717, 1.165) is 13.1 Å². The molecule has 0 spiro atoms. The topological polar surface area (TPSA) is 37.4 Å². The first-order valence-corrected chi connectivity index (χ1v) is 7.33. The van der Waals surface area contributed by atoms with Gasteiger partial charge >= 0.3 is 0 Å². The summed E-state index contributed by atoms with van der Waals surface area (Å²) in [6.45, 7) is -0.983. The average molecular weight is 336 g/mol. The van der Waals surface area contributed by atoms with Crippen molar-refractivity contribution < 1.29 is 21.6 Å². The maximum absolute atomic E-state index is 13.5. The molecule has 0 aliphatic heterocycles. The molecule has 0 radical (unpaired) electrons. The molecular formula is C10H10Cl2F3NO2S. The third-order valence-electron chi connectivity index (χ3n) is 2.32. The van der Waals surface area contributed by atoms with Crippen molar-refractivity contribution in [2.75, 3.05) is 13.6 Å². The SMILES string of the molecule is CN(CC(F)F)S(=O)(=O)c1cc(F)c(Cl)c(CCl)c1. The summed E-state index contributed by atoms with van der Waals surface area (Å²) >= 11 is 11.1. The number of nitrogens with zero attached hydrogens (tertiary/aromatic N) is 1. The van der Waals surface area contributed by atoms with E-state index in [2.05, 4.69) is 0 Å². The minimum absolute atomic E-state index is 0.0763. The van der Waals surface area contributed by atoms with Crippen molar-refractivity contribution in [3.63, 3.8) is 0 Å². The third kappa shape index (κ3) is 3.75. The lowest BCUT2D eigenvalue weighted by atomic mass is 10.2. The maximum atomic E-state index is 13.5. The molecule has 0 aliphatic carbocycles. The zero-order valence-corrected chi connectivity index (χ0v) is 12.0. The van der Waals surface area contributed by atoms with Gasteiger partial charge in [0.25, 0.3) is 6.43 Å². The van der Waals surface area contributed by atoms with Gasteiger partial charge in [0.05, 0.1) is 16.5 Å². The summed E-state index contributed by atoms with van der Waals surface area (Å²) < 4.78 is 62.2. The minimum atomic E-state index is -4.21. The summed E-state index contributed by atoms with van der Waals surface area (Å²) in [5.74, 6) is -1.17. The first-order valence-electron chi connectivity index (χ1n) is 4.98. The second-order valence-electron chi connectivity index (χ2n) is 3.69. The predicted molar refractivity (Wildman–Crippen MR) is 66.8 cm³/mol. The van der Waals surface area contributed by atoms with Gasteiger partial charge in [-0.3, -0.25) is 0 Å². The van der Waals surface area contributed by atoms with Gasteiger partial charge in [0.2, 0.25) is 10.0 Å². The van der Waals surface area contributed by atoms with Crippen molar-refractivity contribution >= 4 is 33.2 Å². The smallest absolute Gasteiger partial charge is 0.209 e. The van der Waals surface area contributed by atoms with Gasteiger partial charge in [-0.15, -0.1) is 11.6 Å². The van der Waals surface area contributed by atoms with Crippen LogP contribution in [0.3, 0.4) is 0 Å². The molecule has 0 fully saturated rings. The number of halogens is 5. The monoisotopic (exact) mass is 335 g/mol. The summed E-state index contributed by atoms with van der Waals surface area (Å²) in [5.41, 5.74) is 0.0763. The predicted octanol–water partition coefficient (Wildman–Crippen LogP) is 3.10. The van der Waals surface area contributed by atoms with Crippen LogP contribution < -0.4 is 0 Å². The van der Waals surface area contributed by atoms with Gasteiger partial charge in [-0.2, -0.15) is 4.31 Å². The van der Waals surface area contributed by atoms with E-state index in [1.165, 1.54) is 0 Å². The Labute approximate surface area is 119 Å². The van der Waals surface area contributed by atoms with Crippen molar-refractivity contribution in [3.05, 3.63) is 28.5 Å². The third-order valence-corrected chi connectivity index (χ3v) is 4.84. The Balaban J connectivity index is 3.26. The maximum Gasteiger partial charge on any atom is 0.252 e. The van der Waals surface area contributed by atoms with E-state index in [1.54, 1.807) is 0 Å². The standard InChI is InChI=1S/C10H10Cl2F3NO2S/c1-16(5-9(14)15)19(17,18)7-2-6(4-11)10(12)8(13)3-7/h2-3,9H,4-5H2,1H3. The Morgan fingerprint density at radius 2 is 1.95 bits per heavy atom. The summed E-state index contributed by atoms with van der Waals surface area (Å²) in [6, 6.07) is 1.74. The summed E-state index contributed by atoms with van der Waals surface area (Å²) in [7, 11) is -3.23. The molecule has 0 aliphatic rings. The highest BCUT2D eigenvalue weighted by atomic mass is 35.5. The minimum Gasteiger partial charge on any atom is -0.209 e. The van der Waals surface area contributed by atoms with E-state index in [9.17, 15) is 21.6 Å². The van der Waals surface area contributed by atoms with Crippen molar-refractivity contribution in [1.29, 1.82) is 0 Å². The molecule has 1 rings (SSSR count). The second kappa shape index (κ2) is 6.30. The molecule has 0 amide bonds. The van der Waals surface area contributed by atoms with Crippen LogP contribution in [0.2, 0.25) is 5.02 Å². The van der Waals surface area contributed by atoms with Crippen LogP contribution in [0.1, 0.15) is 5.56 Å². The molecule has 0 unspecified atom stereocenters. The van der Waals surface area contributed by atoms with E-state index in [-0.39, 0.29) is 16.5 Å². The first-order chi connectivity index (χ1) is 8.70. The fourth-order valence-electron chi connectivity index (χ4n) is 1.34. The lowest BCUT2D eigenvalue weighted by Crippen LogP contribution is -2.31. The number of benzene rings is 1. The molecule has 108 valence electrons. The van der Waals surface area contributed by atoms with Crippen LogP contribution in [-0.4, -0.2) is 32.7 Å². The largest absolute Gasteiger partial charge is 0.252 e. The molecule has 1 aromatic rings. The van der Waals surface area contributed by atoms with Crippen molar-refractivity contribution in [3.8, 4) is 0 Å². The highest BCUT2D eigenvalue weighted by Gasteiger charge is 2.25. The van der Waals surface area contributed by atoms with Gasteiger partial charge in [-0.05, 0) is 17.7 Å². The number of alkyl halides is 3. The molecule has 0 heterocycles. The fraction of sp³-hybridized carbons (Fsp3) is 0.400. The van der Waals surface area contributed by atoms with Crippen molar-refractivity contribution in [2.45, 2.75) is 17.2 Å². The normalized spacial score (nSPS) is 12.4. The van der Waals surface area contributed by atoms with Crippen LogP contribution in [0.15, 0.2) is 17.0 Å².